The summed E-state index contributed by atoms with van der Waals surface area (Å²) in [6.07, 6.45) is 11.3. The Balaban J connectivity index is 1.87. The van der Waals surface area contributed by atoms with E-state index in [-0.39, 0.29) is 0 Å². The van der Waals surface area contributed by atoms with Gasteiger partial charge in [-0.25, -0.2) is 0 Å². The second-order valence-corrected chi connectivity index (χ2v) is 3.65. The highest BCUT2D eigenvalue weighted by molar-refractivity contribution is 4.92. The van der Waals surface area contributed by atoms with Crippen LogP contribution in [0.1, 0.15) is 39.0 Å². The Morgan fingerprint density at radius 1 is 1.58 bits per heavy atom. The van der Waals surface area contributed by atoms with Crippen molar-refractivity contribution in [3.63, 3.8) is 0 Å². The molecule has 0 aromatic heterocycles. The minimum absolute atomic E-state index is 0.822. The maximum Gasteiger partial charge on any atom is 0.00991 e. The second kappa shape index (κ2) is 5.22. The predicted molar refractivity (Wildman–Crippen MR) is 52.9 cm³/mol. The standard InChI is InChI=1S/C11H19N/c1-3-5-6-8-12-11-9-10(11)7-4-2/h1,10-12H,4-9H2,2H3. The van der Waals surface area contributed by atoms with Crippen LogP contribution in [0.15, 0.2) is 0 Å². The van der Waals surface area contributed by atoms with Crippen LogP contribution in [-0.2, 0) is 0 Å². The minimum atomic E-state index is 0.822. The Bertz CT molecular complexity index is 157. The van der Waals surface area contributed by atoms with Gasteiger partial charge in [-0.1, -0.05) is 13.3 Å². The summed E-state index contributed by atoms with van der Waals surface area (Å²) in [5.41, 5.74) is 0. The van der Waals surface area contributed by atoms with Gasteiger partial charge in [0.1, 0.15) is 0 Å². The fourth-order valence-electron chi connectivity index (χ4n) is 1.67. The number of hydrogen-bond donors (Lipinski definition) is 1. The molecule has 1 heteroatoms. The van der Waals surface area contributed by atoms with E-state index < -0.39 is 0 Å². The van der Waals surface area contributed by atoms with Gasteiger partial charge in [-0.05, 0) is 31.7 Å². The maximum absolute atomic E-state index is 5.16. The van der Waals surface area contributed by atoms with Crippen molar-refractivity contribution in [1.29, 1.82) is 0 Å². The number of hydrogen-bond acceptors (Lipinski definition) is 1. The Hall–Kier alpha value is -0.480. The molecule has 0 bridgehead atoms. The zero-order valence-corrected chi connectivity index (χ0v) is 7.97. The molecule has 0 amide bonds. The fourth-order valence-corrected chi connectivity index (χ4v) is 1.67. The number of rotatable bonds is 6. The van der Waals surface area contributed by atoms with Crippen LogP contribution in [0.2, 0.25) is 0 Å². The summed E-state index contributed by atoms with van der Waals surface area (Å²) in [7, 11) is 0. The molecular weight excluding hydrogens is 146 g/mol. The average molecular weight is 165 g/mol. The third-order valence-corrected chi connectivity index (χ3v) is 2.49. The van der Waals surface area contributed by atoms with E-state index in [9.17, 15) is 0 Å². The van der Waals surface area contributed by atoms with Crippen molar-refractivity contribution in [2.24, 2.45) is 5.92 Å². The summed E-state index contributed by atoms with van der Waals surface area (Å²) >= 11 is 0. The monoisotopic (exact) mass is 165 g/mol. The molecule has 1 fully saturated rings. The first kappa shape index (κ1) is 9.61. The van der Waals surface area contributed by atoms with E-state index in [1.165, 1.54) is 19.3 Å². The molecular formula is C11H19N. The van der Waals surface area contributed by atoms with Gasteiger partial charge in [-0.3, -0.25) is 0 Å². The molecule has 2 unspecified atom stereocenters. The molecule has 0 saturated heterocycles. The summed E-state index contributed by atoms with van der Waals surface area (Å²) in [6, 6.07) is 0.822. The molecule has 0 spiro atoms. The van der Waals surface area contributed by atoms with Crippen LogP contribution in [0.3, 0.4) is 0 Å². The Morgan fingerprint density at radius 2 is 2.42 bits per heavy atom. The third-order valence-electron chi connectivity index (χ3n) is 2.49. The van der Waals surface area contributed by atoms with Gasteiger partial charge >= 0.3 is 0 Å². The molecule has 1 nitrogen and oxygen atoms in total. The molecule has 0 heterocycles. The summed E-state index contributed by atoms with van der Waals surface area (Å²) < 4.78 is 0. The van der Waals surface area contributed by atoms with Crippen LogP contribution < -0.4 is 5.32 Å². The molecule has 0 aromatic rings. The van der Waals surface area contributed by atoms with E-state index in [1.54, 1.807) is 0 Å². The van der Waals surface area contributed by atoms with E-state index in [1.807, 2.05) is 0 Å². The van der Waals surface area contributed by atoms with Crippen molar-refractivity contribution in [2.75, 3.05) is 6.54 Å². The van der Waals surface area contributed by atoms with Crippen molar-refractivity contribution >= 4 is 0 Å². The van der Waals surface area contributed by atoms with Gasteiger partial charge in [0.05, 0.1) is 0 Å². The number of nitrogens with one attached hydrogen (secondary N) is 1. The van der Waals surface area contributed by atoms with Crippen LogP contribution in [-0.4, -0.2) is 12.6 Å². The normalized spacial score (nSPS) is 26.7. The average Bonchev–Trinajstić information content (AvgIpc) is 2.79. The third kappa shape index (κ3) is 3.28. The summed E-state index contributed by atoms with van der Waals surface area (Å²) in [6.45, 7) is 3.36. The Labute approximate surface area is 75.9 Å². The van der Waals surface area contributed by atoms with Crippen LogP contribution in [0.4, 0.5) is 0 Å². The second-order valence-electron chi connectivity index (χ2n) is 3.65. The zero-order chi connectivity index (χ0) is 8.81. The lowest BCUT2D eigenvalue weighted by Gasteiger charge is -2.00. The van der Waals surface area contributed by atoms with E-state index in [4.69, 9.17) is 6.42 Å². The highest BCUT2D eigenvalue weighted by Crippen LogP contribution is 2.34. The van der Waals surface area contributed by atoms with Gasteiger partial charge in [-0.2, -0.15) is 0 Å². The van der Waals surface area contributed by atoms with Crippen LogP contribution >= 0.6 is 0 Å². The molecule has 0 aromatic carbocycles. The van der Waals surface area contributed by atoms with Gasteiger partial charge in [0.25, 0.3) is 0 Å². The molecule has 1 N–H and O–H groups in total. The van der Waals surface area contributed by atoms with Crippen molar-refractivity contribution in [1.82, 2.24) is 5.32 Å². The summed E-state index contributed by atoms with van der Waals surface area (Å²) in [5, 5.41) is 3.53. The molecule has 1 aliphatic rings. The molecule has 0 aliphatic heterocycles. The number of terminal acetylenes is 1. The maximum atomic E-state index is 5.16. The largest absolute Gasteiger partial charge is 0.314 e. The zero-order valence-electron chi connectivity index (χ0n) is 7.97. The SMILES string of the molecule is C#CCCCNC1CC1CCC. The van der Waals surface area contributed by atoms with E-state index in [2.05, 4.69) is 18.2 Å². The summed E-state index contributed by atoms with van der Waals surface area (Å²) in [5.74, 6) is 3.63. The van der Waals surface area contributed by atoms with Crippen LogP contribution in [0, 0.1) is 18.3 Å². The highest BCUT2D eigenvalue weighted by atomic mass is 15.0. The molecule has 12 heavy (non-hydrogen) atoms. The minimum Gasteiger partial charge on any atom is -0.314 e. The summed E-state index contributed by atoms with van der Waals surface area (Å²) in [4.78, 5) is 0. The van der Waals surface area contributed by atoms with Crippen molar-refractivity contribution in [2.45, 2.75) is 45.1 Å². The predicted octanol–water partition coefficient (Wildman–Crippen LogP) is 2.18. The van der Waals surface area contributed by atoms with E-state index in [0.29, 0.717) is 0 Å². The molecule has 2 atom stereocenters. The van der Waals surface area contributed by atoms with Crippen molar-refractivity contribution < 1.29 is 0 Å². The molecule has 0 radical (unpaired) electrons. The first-order valence-corrected chi connectivity index (χ1v) is 5.05. The topological polar surface area (TPSA) is 12.0 Å². The first-order chi connectivity index (χ1) is 5.88. The van der Waals surface area contributed by atoms with Gasteiger partial charge in [0, 0.05) is 12.5 Å². The van der Waals surface area contributed by atoms with Gasteiger partial charge < -0.3 is 5.32 Å². The van der Waals surface area contributed by atoms with Crippen molar-refractivity contribution in [3.8, 4) is 12.3 Å². The Kier molecular flexibility index (Phi) is 4.18. The Morgan fingerprint density at radius 3 is 3.08 bits per heavy atom. The van der Waals surface area contributed by atoms with E-state index >= 15 is 0 Å². The first-order valence-electron chi connectivity index (χ1n) is 5.05. The lowest BCUT2D eigenvalue weighted by molar-refractivity contribution is 0.588. The molecule has 1 rings (SSSR count). The van der Waals surface area contributed by atoms with Crippen molar-refractivity contribution in [3.05, 3.63) is 0 Å². The van der Waals surface area contributed by atoms with Crippen LogP contribution in [0.25, 0.3) is 0 Å². The molecule has 1 aliphatic carbocycles. The number of unbranched alkanes of at least 4 members (excludes halogenated alkanes) is 1. The van der Waals surface area contributed by atoms with Gasteiger partial charge in [-0.15, -0.1) is 12.3 Å². The highest BCUT2D eigenvalue weighted by Gasteiger charge is 2.34. The van der Waals surface area contributed by atoms with E-state index in [0.717, 1.165) is 31.3 Å². The molecule has 68 valence electrons. The molecule has 1 saturated carbocycles. The van der Waals surface area contributed by atoms with Gasteiger partial charge in [0.15, 0.2) is 0 Å². The lowest BCUT2D eigenvalue weighted by atomic mass is 10.2. The lowest BCUT2D eigenvalue weighted by Crippen LogP contribution is -2.19. The van der Waals surface area contributed by atoms with Crippen LogP contribution in [0.5, 0.6) is 0 Å². The smallest absolute Gasteiger partial charge is 0.00991 e. The van der Waals surface area contributed by atoms with Gasteiger partial charge in [0.2, 0.25) is 0 Å². The quantitative estimate of drug-likeness (QED) is 0.470. The fraction of sp³-hybridized carbons (Fsp3) is 0.818.